The van der Waals surface area contributed by atoms with Crippen LogP contribution < -0.4 is 5.32 Å². The number of hydrazine groups is 1. The Morgan fingerprint density at radius 3 is 2.51 bits per heavy atom. The monoisotopic (exact) mass is 561 g/mol. The number of hydrogen-bond donors (Lipinski definition) is 2. The molecule has 2 heterocycles. The number of nitrogens with zero attached hydrogens (tertiary/aromatic N) is 4. The largest absolute Gasteiger partial charge is 0.481 e. The molecule has 2 aromatic rings. The second kappa shape index (κ2) is 13.8. The molecule has 0 bridgehead atoms. The number of amides is 4. The molecule has 2 aromatic carbocycles. The van der Waals surface area contributed by atoms with Crippen LogP contribution >= 0.6 is 0 Å². The van der Waals surface area contributed by atoms with E-state index in [9.17, 15) is 24.3 Å². The Hall–Kier alpha value is -4.40. The fraction of sp³-hybridized carbons (Fsp3) is 0.400. The van der Waals surface area contributed by atoms with Crippen molar-refractivity contribution in [1.82, 2.24) is 25.1 Å². The third kappa shape index (κ3) is 7.42. The Kier molecular flexibility index (Phi) is 9.95. The number of urea groups is 1. The van der Waals surface area contributed by atoms with Gasteiger partial charge in [-0.15, -0.1) is 6.42 Å². The lowest BCUT2D eigenvalue weighted by molar-refractivity contribution is -0.190. The van der Waals surface area contributed by atoms with Crippen molar-refractivity contribution < 1.29 is 29.0 Å². The second-order valence-corrected chi connectivity index (χ2v) is 10.1. The van der Waals surface area contributed by atoms with E-state index >= 15 is 0 Å². The molecule has 0 unspecified atom stereocenters. The summed E-state index contributed by atoms with van der Waals surface area (Å²) in [6.45, 7) is 2.87. The molecule has 41 heavy (non-hydrogen) atoms. The van der Waals surface area contributed by atoms with Gasteiger partial charge in [0.15, 0.2) is 0 Å². The zero-order valence-corrected chi connectivity index (χ0v) is 23.1. The van der Waals surface area contributed by atoms with Crippen LogP contribution in [0, 0.1) is 19.3 Å². The van der Waals surface area contributed by atoms with E-state index in [4.69, 9.17) is 11.2 Å². The van der Waals surface area contributed by atoms with Crippen molar-refractivity contribution in [2.75, 3.05) is 32.8 Å². The van der Waals surface area contributed by atoms with Gasteiger partial charge in [-0.3, -0.25) is 14.4 Å². The lowest BCUT2D eigenvalue weighted by Gasteiger charge is -2.54. The smallest absolute Gasteiger partial charge is 0.334 e. The van der Waals surface area contributed by atoms with E-state index in [1.807, 2.05) is 61.5 Å². The SMILES string of the molecule is C#CCN1CC(=O)N2[C@@H](CCC(=O)O)C(=O)N(CCOCc3ccc(C)cc3)C[C@@H]2N1C(=O)NCc1ccccc1. The summed E-state index contributed by atoms with van der Waals surface area (Å²) in [4.78, 5) is 54.7. The van der Waals surface area contributed by atoms with Crippen molar-refractivity contribution in [3.63, 3.8) is 0 Å². The number of carbonyl (C=O) groups is 4. The summed E-state index contributed by atoms with van der Waals surface area (Å²) < 4.78 is 5.82. The minimum absolute atomic E-state index is 0.00222. The normalized spacial score (nSPS) is 19.1. The van der Waals surface area contributed by atoms with Gasteiger partial charge in [0.1, 0.15) is 12.2 Å². The summed E-state index contributed by atoms with van der Waals surface area (Å²) >= 11 is 0. The molecule has 11 nitrogen and oxygen atoms in total. The third-order valence-electron chi connectivity index (χ3n) is 7.13. The first-order valence-electron chi connectivity index (χ1n) is 13.5. The molecular weight excluding hydrogens is 526 g/mol. The summed E-state index contributed by atoms with van der Waals surface area (Å²) in [5.74, 6) is 0.657. The Morgan fingerprint density at radius 1 is 1.10 bits per heavy atom. The molecule has 0 saturated carbocycles. The average molecular weight is 562 g/mol. The van der Waals surface area contributed by atoms with E-state index in [0.717, 1.165) is 16.7 Å². The number of nitrogens with one attached hydrogen (secondary N) is 1. The number of benzene rings is 2. The number of aliphatic carboxylic acids is 1. The lowest BCUT2D eigenvalue weighted by Crippen LogP contribution is -2.76. The van der Waals surface area contributed by atoms with Crippen molar-refractivity contribution in [1.29, 1.82) is 0 Å². The molecule has 2 aliphatic heterocycles. The number of carbonyl (C=O) groups excluding carboxylic acids is 3. The molecule has 2 aliphatic rings. The highest BCUT2D eigenvalue weighted by Gasteiger charge is 2.51. The van der Waals surface area contributed by atoms with Crippen LogP contribution in [0.15, 0.2) is 54.6 Å². The van der Waals surface area contributed by atoms with Crippen molar-refractivity contribution in [2.45, 2.75) is 45.1 Å². The van der Waals surface area contributed by atoms with Gasteiger partial charge in [-0.2, -0.15) is 5.01 Å². The number of carboxylic acid groups (broad SMARTS) is 1. The molecule has 0 radical (unpaired) electrons. The van der Waals surface area contributed by atoms with Crippen molar-refractivity contribution in [3.05, 3.63) is 71.3 Å². The summed E-state index contributed by atoms with van der Waals surface area (Å²) in [6.07, 6.45) is 4.32. The van der Waals surface area contributed by atoms with Gasteiger partial charge in [-0.05, 0) is 24.5 Å². The summed E-state index contributed by atoms with van der Waals surface area (Å²) in [7, 11) is 0. The molecule has 2 saturated heterocycles. The van der Waals surface area contributed by atoms with Gasteiger partial charge in [-0.1, -0.05) is 66.1 Å². The minimum atomic E-state index is -1.08. The molecule has 0 aliphatic carbocycles. The Labute approximate surface area is 239 Å². The van der Waals surface area contributed by atoms with Crippen LogP contribution in [0.3, 0.4) is 0 Å². The first-order chi connectivity index (χ1) is 19.8. The van der Waals surface area contributed by atoms with Crippen LogP contribution in [0.4, 0.5) is 4.79 Å². The first kappa shape index (κ1) is 29.6. The number of piperazine rings is 1. The molecule has 0 spiro atoms. The Morgan fingerprint density at radius 2 is 1.83 bits per heavy atom. The average Bonchev–Trinajstić information content (AvgIpc) is 2.95. The fourth-order valence-corrected chi connectivity index (χ4v) is 5.08. The van der Waals surface area contributed by atoms with Crippen LogP contribution in [0.1, 0.15) is 29.5 Å². The number of terminal acetylenes is 1. The number of hydrogen-bond acceptors (Lipinski definition) is 6. The van der Waals surface area contributed by atoms with Gasteiger partial charge in [-0.25, -0.2) is 9.80 Å². The van der Waals surface area contributed by atoms with E-state index in [-0.39, 0.29) is 58.1 Å². The van der Waals surface area contributed by atoms with Gasteiger partial charge in [0, 0.05) is 19.5 Å². The highest BCUT2D eigenvalue weighted by atomic mass is 16.5. The summed E-state index contributed by atoms with van der Waals surface area (Å²) in [5, 5.41) is 15.1. The van der Waals surface area contributed by atoms with Crippen LogP contribution in [-0.2, 0) is 32.3 Å². The van der Waals surface area contributed by atoms with Crippen LogP contribution in [-0.4, -0.2) is 93.7 Å². The molecule has 2 fully saturated rings. The minimum Gasteiger partial charge on any atom is -0.481 e. The van der Waals surface area contributed by atoms with Crippen LogP contribution in [0.25, 0.3) is 0 Å². The maximum Gasteiger partial charge on any atom is 0.334 e. The first-order valence-corrected chi connectivity index (χ1v) is 13.5. The van der Waals surface area contributed by atoms with Gasteiger partial charge in [0.25, 0.3) is 0 Å². The van der Waals surface area contributed by atoms with E-state index in [2.05, 4.69) is 11.2 Å². The standard InChI is InChI=1S/C30H35N5O6/c1-3-15-33-20-27(36)34-25(13-14-28(37)38)29(39)32(16-17-41-21-24-11-9-22(2)10-12-24)19-26(34)35(33)30(40)31-18-23-7-5-4-6-8-23/h1,4-12,25-26H,13-21H2,2H3,(H,31,40)(H,37,38)/t25-,26-/m0/s1. The van der Waals surface area contributed by atoms with Gasteiger partial charge >= 0.3 is 12.0 Å². The fourth-order valence-electron chi connectivity index (χ4n) is 5.08. The second-order valence-electron chi connectivity index (χ2n) is 10.1. The molecule has 4 rings (SSSR count). The number of ether oxygens (including phenoxy) is 1. The molecule has 216 valence electrons. The van der Waals surface area contributed by atoms with Gasteiger partial charge < -0.3 is 25.0 Å². The predicted octanol–water partition coefficient (Wildman–Crippen LogP) is 1.82. The maximum absolute atomic E-state index is 13.6. The molecule has 11 heteroatoms. The molecule has 0 aromatic heterocycles. The Balaban J connectivity index is 1.53. The van der Waals surface area contributed by atoms with Crippen molar-refractivity contribution >= 4 is 23.8 Å². The van der Waals surface area contributed by atoms with Gasteiger partial charge in [0.05, 0.1) is 32.8 Å². The van der Waals surface area contributed by atoms with E-state index in [1.54, 1.807) is 0 Å². The van der Waals surface area contributed by atoms with E-state index in [1.165, 1.54) is 19.8 Å². The molecule has 4 amide bonds. The van der Waals surface area contributed by atoms with Gasteiger partial charge in [0.2, 0.25) is 11.8 Å². The number of fused-ring (bicyclic) bond motifs is 1. The number of aryl methyl sites for hydroxylation is 1. The quantitative estimate of drug-likeness (QED) is 0.317. The van der Waals surface area contributed by atoms with E-state index < -0.39 is 30.1 Å². The lowest BCUT2D eigenvalue weighted by atomic mass is 10.0. The van der Waals surface area contributed by atoms with Crippen LogP contribution in [0.2, 0.25) is 0 Å². The topological polar surface area (TPSA) is 123 Å². The zero-order chi connectivity index (χ0) is 29.4. The van der Waals surface area contributed by atoms with Crippen LogP contribution in [0.5, 0.6) is 0 Å². The van der Waals surface area contributed by atoms with Crippen molar-refractivity contribution in [3.8, 4) is 12.3 Å². The summed E-state index contributed by atoms with van der Waals surface area (Å²) in [6, 6.07) is 15.8. The number of carboxylic acids is 1. The Bertz CT molecular complexity index is 1280. The maximum atomic E-state index is 13.6. The molecule has 2 N–H and O–H groups in total. The predicted molar refractivity (Wildman–Crippen MR) is 150 cm³/mol. The zero-order valence-electron chi connectivity index (χ0n) is 23.1. The number of rotatable bonds is 11. The highest BCUT2D eigenvalue weighted by molar-refractivity contribution is 5.91. The summed E-state index contributed by atoms with van der Waals surface area (Å²) in [5.41, 5.74) is 3.03. The molecular formula is C30H35N5O6. The third-order valence-corrected chi connectivity index (χ3v) is 7.13. The highest BCUT2D eigenvalue weighted by Crippen LogP contribution is 2.28. The molecule has 2 atom stereocenters. The van der Waals surface area contributed by atoms with Crippen molar-refractivity contribution in [2.24, 2.45) is 0 Å². The van der Waals surface area contributed by atoms with E-state index in [0.29, 0.717) is 6.61 Å².